The Morgan fingerprint density at radius 1 is 1.35 bits per heavy atom. The van der Waals surface area contributed by atoms with E-state index in [-0.39, 0.29) is 12.3 Å². The van der Waals surface area contributed by atoms with Crippen molar-refractivity contribution in [3.63, 3.8) is 0 Å². The van der Waals surface area contributed by atoms with Gasteiger partial charge in [0, 0.05) is 25.6 Å². The topological polar surface area (TPSA) is 57.6 Å². The van der Waals surface area contributed by atoms with Crippen LogP contribution in [0.4, 0.5) is 0 Å². The molecular formula is C13H17NO3. The lowest BCUT2D eigenvalue weighted by Gasteiger charge is -2.16. The molecule has 0 saturated carbocycles. The van der Waals surface area contributed by atoms with Crippen molar-refractivity contribution in [3.8, 4) is 0 Å². The molecule has 0 saturated heterocycles. The molecule has 0 aliphatic carbocycles. The average molecular weight is 235 g/mol. The summed E-state index contributed by atoms with van der Waals surface area (Å²) in [5, 5.41) is 8.51. The van der Waals surface area contributed by atoms with Crippen molar-refractivity contribution < 1.29 is 14.7 Å². The first-order chi connectivity index (χ1) is 8.00. The Labute approximate surface area is 101 Å². The van der Waals surface area contributed by atoms with Crippen molar-refractivity contribution in [1.29, 1.82) is 0 Å². The molecule has 1 rings (SSSR count). The highest BCUT2D eigenvalue weighted by Crippen LogP contribution is 2.07. The number of nitrogens with zero attached hydrogens (tertiary/aromatic N) is 1. The molecule has 92 valence electrons. The molecular weight excluding hydrogens is 218 g/mol. The Kier molecular flexibility index (Phi) is 4.69. The van der Waals surface area contributed by atoms with E-state index in [4.69, 9.17) is 5.11 Å². The maximum Gasteiger partial charge on any atom is 0.303 e. The third-order valence-electron chi connectivity index (χ3n) is 2.50. The monoisotopic (exact) mass is 235 g/mol. The number of carbonyl (C=O) groups excluding carboxylic acids is 1. The number of carboxylic acids is 1. The van der Waals surface area contributed by atoms with Gasteiger partial charge in [-0.25, -0.2) is 0 Å². The third kappa shape index (κ3) is 4.26. The van der Waals surface area contributed by atoms with Crippen LogP contribution >= 0.6 is 0 Å². The van der Waals surface area contributed by atoms with Gasteiger partial charge in [-0.15, -0.1) is 0 Å². The molecule has 0 bridgehead atoms. The Balaban J connectivity index is 2.54. The quantitative estimate of drug-likeness (QED) is 0.848. The molecule has 1 aromatic carbocycles. The molecule has 17 heavy (non-hydrogen) atoms. The summed E-state index contributed by atoms with van der Waals surface area (Å²) in [6.45, 7) is 2.39. The molecule has 0 aliphatic heterocycles. The first-order valence-corrected chi connectivity index (χ1v) is 5.54. The van der Waals surface area contributed by atoms with E-state index >= 15 is 0 Å². The summed E-state index contributed by atoms with van der Waals surface area (Å²) in [5.41, 5.74) is 1.68. The number of amides is 1. The minimum atomic E-state index is -0.832. The molecule has 4 heteroatoms. The van der Waals surface area contributed by atoms with Gasteiger partial charge in [0.05, 0.1) is 0 Å². The summed E-state index contributed by atoms with van der Waals surface area (Å²) in [7, 11) is 1.69. The number of carbonyl (C=O) groups is 2. The van der Waals surface area contributed by atoms with Gasteiger partial charge in [-0.1, -0.05) is 17.7 Å². The van der Waals surface area contributed by atoms with Crippen LogP contribution in [-0.4, -0.2) is 35.5 Å². The smallest absolute Gasteiger partial charge is 0.303 e. The maximum atomic E-state index is 12.0. The van der Waals surface area contributed by atoms with E-state index in [1.165, 1.54) is 0 Å². The van der Waals surface area contributed by atoms with Gasteiger partial charge in [-0.05, 0) is 25.5 Å². The molecule has 1 aromatic rings. The Morgan fingerprint density at radius 2 is 2.06 bits per heavy atom. The summed E-state index contributed by atoms with van der Waals surface area (Å²) < 4.78 is 0. The van der Waals surface area contributed by atoms with Crippen molar-refractivity contribution >= 4 is 11.9 Å². The predicted molar refractivity (Wildman–Crippen MR) is 65.0 cm³/mol. The number of carboxylic acid groups (broad SMARTS) is 1. The van der Waals surface area contributed by atoms with Crippen LogP contribution in [0.25, 0.3) is 0 Å². The number of benzene rings is 1. The summed E-state index contributed by atoms with van der Waals surface area (Å²) in [6.07, 6.45) is 0.564. The van der Waals surface area contributed by atoms with Crippen molar-refractivity contribution in [2.75, 3.05) is 13.6 Å². The van der Waals surface area contributed by atoms with Gasteiger partial charge in [-0.2, -0.15) is 0 Å². The summed E-state index contributed by atoms with van der Waals surface area (Å²) in [4.78, 5) is 23.9. The average Bonchev–Trinajstić information content (AvgIpc) is 2.27. The van der Waals surface area contributed by atoms with Crippen LogP contribution in [0, 0.1) is 6.92 Å². The normalized spacial score (nSPS) is 10.0. The van der Waals surface area contributed by atoms with Crippen molar-refractivity contribution in [3.05, 3.63) is 35.4 Å². The van der Waals surface area contributed by atoms with Crippen LogP contribution < -0.4 is 0 Å². The molecule has 0 aliphatic rings. The van der Waals surface area contributed by atoms with Crippen LogP contribution in [-0.2, 0) is 4.79 Å². The zero-order valence-electron chi connectivity index (χ0n) is 10.1. The minimum Gasteiger partial charge on any atom is -0.481 e. The van der Waals surface area contributed by atoms with Gasteiger partial charge in [0.15, 0.2) is 0 Å². The maximum absolute atomic E-state index is 12.0. The van der Waals surface area contributed by atoms with Crippen molar-refractivity contribution in [2.24, 2.45) is 0 Å². The van der Waals surface area contributed by atoms with Crippen molar-refractivity contribution in [2.45, 2.75) is 19.8 Å². The highest BCUT2D eigenvalue weighted by Gasteiger charge is 2.11. The lowest BCUT2D eigenvalue weighted by atomic mass is 10.1. The highest BCUT2D eigenvalue weighted by molar-refractivity contribution is 5.94. The highest BCUT2D eigenvalue weighted by atomic mass is 16.4. The molecule has 1 amide bonds. The molecule has 1 N–H and O–H groups in total. The second kappa shape index (κ2) is 6.03. The van der Waals surface area contributed by atoms with E-state index in [1.807, 2.05) is 25.1 Å². The zero-order valence-corrected chi connectivity index (χ0v) is 10.1. The minimum absolute atomic E-state index is 0.0703. The molecule has 0 unspecified atom stereocenters. The van der Waals surface area contributed by atoms with E-state index in [1.54, 1.807) is 18.0 Å². The molecule has 0 fully saturated rings. The first-order valence-electron chi connectivity index (χ1n) is 5.54. The third-order valence-corrected chi connectivity index (χ3v) is 2.50. The second-order valence-corrected chi connectivity index (χ2v) is 4.09. The molecule has 0 aromatic heterocycles. The second-order valence-electron chi connectivity index (χ2n) is 4.09. The van der Waals surface area contributed by atoms with Crippen LogP contribution in [0.3, 0.4) is 0 Å². The standard InChI is InChI=1S/C13H17NO3/c1-10-5-3-6-11(9-10)13(17)14(2)8-4-7-12(15)16/h3,5-6,9H,4,7-8H2,1-2H3,(H,15,16). The fourth-order valence-corrected chi connectivity index (χ4v) is 1.57. The molecule has 4 nitrogen and oxygen atoms in total. The van der Waals surface area contributed by atoms with Crippen LogP contribution in [0.15, 0.2) is 24.3 Å². The van der Waals surface area contributed by atoms with Crippen LogP contribution in [0.5, 0.6) is 0 Å². The fourth-order valence-electron chi connectivity index (χ4n) is 1.57. The van der Waals surface area contributed by atoms with Gasteiger partial charge in [0.1, 0.15) is 0 Å². The summed E-state index contributed by atoms with van der Waals surface area (Å²) in [6, 6.07) is 7.37. The number of rotatable bonds is 5. The molecule has 0 spiro atoms. The van der Waals surface area contributed by atoms with Gasteiger partial charge in [0.25, 0.3) is 5.91 Å². The SMILES string of the molecule is Cc1cccc(C(=O)N(C)CCCC(=O)O)c1. The number of hydrogen-bond donors (Lipinski definition) is 1. The van der Waals surface area contributed by atoms with Gasteiger partial charge < -0.3 is 10.0 Å². The fraction of sp³-hybridized carbons (Fsp3) is 0.385. The van der Waals surface area contributed by atoms with E-state index in [2.05, 4.69) is 0 Å². The molecule has 0 heterocycles. The summed E-state index contributed by atoms with van der Waals surface area (Å²) >= 11 is 0. The van der Waals surface area contributed by atoms with E-state index in [9.17, 15) is 9.59 Å². The lowest BCUT2D eigenvalue weighted by Crippen LogP contribution is -2.28. The number of hydrogen-bond acceptors (Lipinski definition) is 2. The first kappa shape index (κ1) is 13.2. The van der Waals surface area contributed by atoms with Gasteiger partial charge in [-0.3, -0.25) is 9.59 Å². The zero-order chi connectivity index (χ0) is 12.8. The van der Waals surface area contributed by atoms with Crippen LogP contribution in [0.1, 0.15) is 28.8 Å². The van der Waals surface area contributed by atoms with Gasteiger partial charge in [0.2, 0.25) is 0 Å². The van der Waals surface area contributed by atoms with E-state index in [0.29, 0.717) is 18.5 Å². The van der Waals surface area contributed by atoms with Crippen molar-refractivity contribution in [1.82, 2.24) is 4.90 Å². The lowest BCUT2D eigenvalue weighted by molar-refractivity contribution is -0.137. The van der Waals surface area contributed by atoms with Gasteiger partial charge >= 0.3 is 5.97 Å². The Morgan fingerprint density at radius 3 is 2.65 bits per heavy atom. The molecule has 0 atom stereocenters. The Hall–Kier alpha value is -1.84. The molecule has 0 radical (unpaired) electrons. The Bertz CT molecular complexity index is 415. The predicted octanol–water partition coefficient (Wildman–Crippen LogP) is 1.93. The van der Waals surface area contributed by atoms with E-state index < -0.39 is 5.97 Å². The number of aryl methyl sites for hydroxylation is 1. The number of aliphatic carboxylic acids is 1. The summed E-state index contributed by atoms with van der Waals surface area (Å²) in [5.74, 6) is -0.902. The van der Waals surface area contributed by atoms with E-state index in [0.717, 1.165) is 5.56 Å². The largest absolute Gasteiger partial charge is 0.481 e. The van der Waals surface area contributed by atoms with Crippen LogP contribution in [0.2, 0.25) is 0 Å².